The van der Waals surface area contributed by atoms with E-state index in [1.54, 1.807) is 6.08 Å². The number of aliphatic hydroxyl groups excluding tert-OH is 1. The number of hydrogen-bond acceptors (Lipinski definition) is 4. The van der Waals surface area contributed by atoms with Gasteiger partial charge in [0.1, 0.15) is 18.1 Å². The van der Waals surface area contributed by atoms with Crippen molar-refractivity contribution in [2.24, 2.45) is 0 Å². The summed E-state index contributed by atoms with van der Waals surface area (Å²) in [5.41, 5.74) is 3.82. The Morgan fingerprint density at radius 1 is 0.684 bits per heavy atom. The van der Waals surface area contributed by atoms with Gasteiger partial charge in [0, 0.05) is 19.6 Å². The summed E-state index contributed by atoms with van der Waals surface area (Å²) in [6.45, 7) is 7.20. The van der Waals surface area contributed by atoms with Gasteiger partial charge in [-0.05, 0) is 83.5 Å². The molecule has 0 bridgehead atoms. The smallest absolute Gasteiger partial charge is 0.119 e. The number of aliphatic hydroxyl groups is 1. The van der Waals surface area contributed by atoms with Crippen LogP contribution >= 0.6 is 0 Å². The Labute approximate surface area is 227 Å². The molecule has 0 spiro atoms. The van der Waals surface area contributed by atoms with Crippen LogP contribution in [0.5, 0.6) is 11.5 Å². The average molecular weight is 510 g/mol. The number of aryl methyl sites for hydroxylation is 1. The van der Waals surface area contributed by atoms with Gasteiger partial charge in [0.15, 0.2) is 0 Å². The maximum atomic E-state index is 9.62. The lowest BCUT2D eigenvalue weighted by Crippen LogP contribution is -2.26. The van der Waals surface area contributed by atoms with Crippen LogP contribution in [0.2, 0.25) is 0 Å². The first-order valence-electron chi connectivity index (χ1n) is 13.6. The largest absolute Gasteiger partial charge is 0.494 e. The minimum atomic E-state index is 0.126. The Bertz CT molecular complexity index is 1250. The Kier molecular flexibility index (Phi) is 10.8. The number of fused-ring (bicyclic) bond motifs is 1. The lowest BCUT2D eigenvalue weighted by molar-refractivity contribution is 0.184. The molecule has 4 rings (SSSR count). The van der Waals surface area contributed by atoms with Gasteiger partial charge >= 0.3 is 0 Å². The molecule has 0 aromatic heterocycles. The zero-order valence-corrected chi connectivity index (χ0v) is 22.2. The van der Waals surface area contributed by atoms with Gasteiger partial charge in [0.2, 0.25) is 0 Å². The molecular weight excluding hydrogens is 470 g/mol. The monoisotopic (exact) mass is 509 g/mol. The van der Waals surface area contributed by atoms with Crippen LogP contribution in [-0.2, 0) is 19.5 Å². The first kappa shape index (κ1) is 27.4. The van der Waals surface area contributed by atoms with Gasteiger partial charge in [-0.15, -0.1) is 0 Å². The molecule has 0 aliphatic heterocycles. The summed E-state index contributed by atoms with van der Waals surface area (Å²) in [5, 5.41) is 12.0. The molecule has 0 aliphatic rings. The van der Waals surface area contributed by atoms with E-state index in [1.807, 2.05) is 12.1 Å². The second-order valence-electron chi connectivity index (χ2n) is 9.67. The Balaban J connectivity index is 1.27. The summed E-state index contributed by atoms with van der Waals surface area (Å²) in [5.74, 6) is 1.76. The molecule has 0 saturated heterocycles. The van der Waals surface area contributed by atoms with Crippen molar-refractivity contribution in [3.63, 3.8) is 0 Å². The molecule has 4 nitrogen and oxygen atoms in total. The normalized spacial score (nSPS) is 11.1. The number of hydrogen-bond donors (Lipinski definition) is 1. The fourth-order valence-electron chi connectivity index (χ4n) is 4.62. The highest BCUT2D eigenvalue weighted by molar-refractivity contribution is 5.84. The van der Waals surface area contributed by atoms with Crippen LogP contribution in [0.4, 0.5) is 0 Å². The van der Waals surface area contributed by atoms with E-state index >= 15 is 0 Å². The van der Waals surface area contributed by atoms with E-state index in [4.69, 9.17) is 9.47 Å². The standard InChI is InChI=1S/C34H39NO3/c1-2-22-37-33-17-13-29(14-18-33)26-35(20-21-36)27-30-12-15-32-25-34(19-16-31(32)24-30)38-23-8-4-7-11-28-9-5-3-6-10-28/h2-3,5-6,9-10,12-19,24-25,36H,1,4,7-8,11,20-23,26-27H2. The highest BCUT2D eigenvalue weighted by Gasteiger charge is 2.09. The number of benzene rings is 4. The summed E-state index contributed by atoms with van der Waals surface area (Å²) in [6.07, 6.45) is 6.30. The molecule has 0 unspecified atom stereocenters. The van der Waals surface area contributed by atoms with Crippen molar-refractivity contribution in [2.45, 2.75) is 38.8 Å². The highest BCUT2D eigenvalue weighted by atomic mass is 16.5. The maximum Gasteiger partial charge on any atom is 0.119 e. The van der Waals surface area contributed by atoms with Gasteiger partial charge in [-0.2, -0.15) is 0 Å². The molecule has 0 amide bonds. The van der Waals surface area contributed by atoms with Gasteiger partial charge in [-0.25, -0.2) is 0 Å². The van der Waals surface area contributed by atoms with Crippen molar-refractivity contribution in [3.8, 4) is 11.5 Å². The molecule has 4 aromatic carbocycles. The average Bonchev–Trinajstić information content (AvgIpc) is 2.95. The number of rotatable bonds is 16. The summed E-state index contributed by atoms with van der Waals surface area (Å²) in [4.78, 5) is 2.26. The van der Waals surface area contributed by atoms with Gasteiger partial charge in [0.05, 0.1) is 13.2 Å². The molecule has 0 radical (unpaired) electrons. The zero-order chi connectivity index (χ0) is 26.4. The Hall–Kier alpha value is -3.60. The zero-order valence-electron chi connectivity index (χ0n) is 22.2. The predicted molar refractivity (Wildman–Crippen MR) is 157 cm³/mol. The van der Waals surface area contributed by atoms with Crippen LogP contribution in [0.3, 0.4) is 0 Å². The van der Waals surface area contributed by atoms with E-state index in [2.05, 4.69) is 90.3 Å². The van der Waals surface area contributed by atoms with Gasteiger partial charge in [-0.1, -0.05) is 73.3 Å². The molecule has 1 N–H and O–H groups in total. The van der Waals surface area contributed by atoms with Crippen LogP contribution < -0.4 is 9.47 Å². The van der Waals surface area contributed by atoms with E-state index in [9.17, 15) is 5.11 Å². The third-order valence-electron chi connectivity index (χ3n) is 6.62. The first-order valence-corrected chi connectivity index (χ1v) is 13.6. The van der Waals surface area contributed by atoms with Crippen LogP contribution in [0.15, 0.2) is 104 Å². The van der Waals surface area contributed by atoms with E-state index in [-0.39, 0.29) is 6.61 Å². The molecular formula is C34H39NO3. The molecule has 0 atom stereocenters. The molecule has 198 valence electrons. The molecule has 0 fully saturated rings. The molecule has 0 heterocycles. The second-order valence-corrected chi connectivity index (χ2v) is 9.67. The summed E-state index contributed by atoms with van der Waals surface area (Å²) in [7, 11) is 0. The molecule has 38 heavy (non-hydrogen) atoms. The first-order chi connectivity index (χ1) is 18.7. The van der Waals surface area contributed by atoms with Gasteiger partial charge < -0.3 is 14.6 Å². The minimum Gasteiger partial charge on any atom is -0.494 e. The number of nitrogens with zero attached hydrogens (tertiary/aromatic N) is 1. The van der Waals surface area contributed by atoms with Crippen LogP contribution in [0.25, 0.3) is 10.8 Å². The van der Waals surface area contributed by atoms with Crippen LogP contribution in [0, 0.1) is 0 Å². The molecule has 0 aliphatic carbocycles. The van der Waals surface area contributed by atoms with Crippen LogP contribution in [-0.4, -0.2) is 36.4 Å². The summed E-state index contributed by atoms with van der Waals surface area (Å²) in [6, 6.07) is 31.7. The molecule has 4 aromatic rings. The third-order valence-corrected chi connectivity index (χ3v) is 6.62. The van der Waals surface area contributed by atoms with E-state index in [1.165, 1.54) is 40.3 Å². The molecule has 4 heteroatoms. The van der Waals surface area contributed by atoms with E-state index in [0.717, 1.165) is 44.0 Å². The lowest BCUT2D eigenvalue weighted by Gasteiger charge is -2.22. The van der Waals surface area contributed by atoms with E-state index in [0.29, 0.717) is 13.2 Å². The second kappa shape index (κ2) is 15.0. The van der Waals surface area contributed by atoms with E-state index < -0.39 is 0 Å². The van der Waals surface area contributed by atoms with Crippen LogP contribution in [0.1, 0.15) is 36.0 Å². The predicted octanol–water partition coefficient (Wildman–Crippen LogP) is 7.19. The number of ether oxygens (including phenoxy) is 2. The SMILES string of the molecule is C=CCOc1ccc(CN(CCO)Cc2ccc3cc(OCCCCCc4ccccc4)ccc3c2)cc1. The fraction of sp³-hybridized carbons (Fsp3) is 0.294. The topological polar surface area (TPSA) is 41.9 Å². The van der Waals surface area contributed by atoms with Crippen molar-refractivity contribution >= 4 is 10.8 Å². The lowest BCUT2D eigenvalue weighted by atomic mass is 10.1. The van der Waals surface area contributed by atoms with Crippen molar-refractivity contribution < 1.29 is 14.6 Å². The summed E-state index contributed by atoms with van der Waals surface area (Å²) < 4.78 is 11.6. The number of unbranched alkanes of at least 4 members (excludes halogenated alkanes) is 2. The van der Waals surface area contributed by atoms with Crippen molar-refractivity contribution in [2.75, 3.05) is 26.4 Å². The minimum absolute atomic E-state index is 0.126. The highest BCUT2D eigenvalue weighted by Crippen LogP contribution is 2.24. The van der Waals surface area contributed by atoms with Crippen molar-refractivity contribution in [3.05, 3.63) is 120 Å². The Morgan fingerprint density at radius 3 is 2.18 bits per heavy atom. The van der Waals surface area contributed by atoms with Crippen molar-refractivity contribution in [1.82, 2.24) is 4.90 Å². The third kappa shape index (κ3) is 8.76. The fourth-order valence-corrected chi connectivity index (χ4v) is 4.62. The quantitative estimate of drug-likeness (QED) is 0.128. The van der Waals surface area contributed by atoms with Crippen molar-refractivity contribution in [1.29, 1.82) is 0 Å². The van der Waals surface area contributed by atoms with Gasteiger partial charge in [0.25, 0.3) is 0 Å². The van der Waals surface area contributed by atoms with Gasteiger partial charge in [-0.3, -0.25) is 4.90 Å². The maximum absolute atomic E-state index is 9.62. The summed E-state index contributed by atoms with van der Waals surface area (Å²) >= 11 is 0. The molecule has 0 saturated carbocycles. The Morgan fingerprint density at radius 2 is 1.39 bits per heavy atom.